The summed E-state index contributed by atoms with van der Waals surface area (Å²) >= 11 is 0. The maximum absolute atomic E-state index is 3.45. The molecule has 4 aromatic rings. The van der Waals surface area contributed by atoms with E-state index >= 15 is 0 Å². The van der Waals surface area contributed by atoms with E-state index in [2.05, 4.69) is 107 Å². The standard InChI is InChI=1S/C32H38N4/c1-35(23-21-27-13-17-31(18-14-27)33-29-9-5-3-6-10-29)25-26-36(2)24-22-28-15-19-32(20-16-28)34-30-11-7-4-8-12-30/h3-20,33-34H,21-26H2,1-2H3. The van der Waals surface area contributed by atoms with Crippen LogP contribution in [0, 0.1) is 0 Å². The van der Waals surface area contributed by atoms with E-state index < -0.39 is 0 Å². The summed E-state index contributed by atoms with van der Waals surface area (Å²) in [5, 5.41) is 6.89. The van der Waals surface area contributed by atoms with E-state index in [4.69, 9.17) is 0 Å². The number of hydrogen-bond donors (Lipinski definition) is 2. The zero-order valence-electron chi connectivity index (χ0n) is 21.5. The highest BCUT2D eigenvalue weighted by atomic mass is 15.2. The largest absolute Gasteiger partial charge is 0.356 e. The SMILES string of the molecule is CN(CCc1ccc(Nc2ccccc2)cc1)CCN(C)CCc1ccc(Nc2ccccc2)cc1. The molecule has 4 heteroatoms. The van der Waals surface area contributed by atoms with E-state index in [0.29, 0.717) is 0 Å². The van der Waals surface area contributed by atoms with Crippen molar-refractivity contribution in [2.45, 2.75) is 12.8 Å². The molecule has 0 aliphatic carbocycles. The van der Waals surface area contributed by atoms with Gasteiger partial charge in [-0.15, -0.1) is 0 Å². The van der Waals surface area contributed by atoms with Crippen LogP contribution in [0.25, 0.3) is 0 Å². The van der Waals surface area contributed by atoms with Crippen LogP contribution in [0.4, 0.5) is 22.7 Å². The number of para-hydroxylation sites is 2. The van der Waals surface area contributed by atoms with Gasteiger partial charge in [-0.3, -0.25) is 0 Å². The Bertz CT molecular complexity index is 1050. The molecule has 2 N–H and O–H groups in total. The molecule has 0 radical (unpaired) electrons. The third kappa shape index (κ3) is 8.56. The number of nitrogens with zero attached hydrogens (tertiary/aromatic N) is 2. The first-order valence-corrected chi connectivity index (χ1v) is 12.8. The summed E-state index contributed by atoms with van der Waals surface area (Å²) in [5.74, 6) is 0. The second-order valence-electron chi connectivity index (χ2n) is 9.48. The van der Waals surface area contributed by atoms with Gasteiger partial charge in [-0.25, -0.2) is 0 Å². The van der Waals surface area contributed by atoms with Crippen LogP contribution in [0.3, 0.4) is 0 Å². The molecule has 0 aromatic heterocycles. The van der Waals surface area contributed by atoms with E-state index in [1.54, 1.807) is 0 Å². The highest BCUT2D eigenvalue weighted by Gasteiger charge is 2.05. The Morgan fingerprint density at radius 2 is 0.750 bits per heavy atom. The normalized spacial score (nSPS) is 11.1. The van der Waals surface area contributed by atoms with Crippen molar-refractivity contribution < 1.29 is 0 Å². The highest BCUT2D eigenvalue weighted by molar-refractivity contribution is 5.60. The van der Waals surface area contributed by atoms with Gasteiger partial charge in [0, 0.05) is 48.9 Å². The lowest BCUT2D eigenvalue weighted by molar-refractivity contribution is 0.260. The van der Waals surface area contributed by atoms with Gasteiger partial charge in [0.05, 0.1) is 0 Å². The monoisotopic (exact) mass is 478 g/mol. The van der Waals surface area contributed by atoms with E-state index in [9.17, 15) is 0 Å². The lowest BCUT2D eigenvalue weighted by Gasteiger charge is -2.22. The van der Waals surface area contributed by atoms with Gasteiger partial charge in [0.25, 0.3) is 0 Å². The van der Waals surface area contributed by atoms with Crippen LogP contribution >= 0.6 is 0 Å². The van der Waals surface area contributed by atoms with Gasteiger partial charge in [-0.2, -0.15) is 0 Å². The van der Waals surface area contributed by atoms with Crippen molar-refractivity contribution in [3.05, 3.63) is 120 Å². The number of hydrogen-bond acceptors (Lipinski definition) is 4. The Labute approximate surface area is 216 Å². The molecule has 0 aliphatic heterocycles. The molecule has 4 nitrogen and oxygen atoms in total. The fraction of sp³-hybridized carbons (Fsp3) is 0.250. The van der Waals surface area contributed by atoms with Crippen molar-refractivity contribution in [3.8, 4) is 0 Å². The van der Waals surface area contributed by atoms with Gasteiger partial charge >= 0.3 is 0 Å². The summed E-state index contributed by atoms with van der Waals surface area (Å²) in [6.07, 6.45) is 2.13. The van der Waals surface area contributed by atoms with Crippen molar-refractivity contribution in [2.75, 3.05) is 50.9 Å². The van der Waals surface area contributed by atoms with E-state index in [0.717, 1.165) is 61.8 Å². The molecular formula is C32H38N4. The van der Waals surface area contributed by atoms with Gasteiger partial charge in [0.1, 0.15) is 0 Å². The maximum Gasteiger partial charge on any atom is 0.0384 e. The van der Waals surface area contributed by atoms with Crippen molar-refractivity contribution in [3.63, 3.8) is 0 Å². The molecule has 36 heavy (non-hydrogen) atoms. The molecule has 0 aliphatic rings. The second-order valence-corrected chi connectivity index (χ2v) is 9.48. The topological polar surface area (TPSA) is 30.5 Å². The Morgan fingerprint density at radius 3 is 1.11 bits per heavy atom. The van der Waals surface area contributed by atoms with E-state index in [1.165, 1.54) is 11.1 Å². The van der Waals surface area contributed by atoms with Crippen LogP contribution in [-0.4, -0.2) is 50.1 Å². The maximum atomic E-state index is 3.45. The Kier molecular flexibility index (Phi) is 9.54. The molecule has 0 bridgehead atoms. The number of anilines is 4. The van der Waals surface area contributed by atoms with Crippen LogP contribution in [-0.2, 0) is 12.8 Å². The molecule has 4 aromatic carbocycles. The van der Waals surface area contributed by atoms with Crippen LogP contribution in [0.1, 0.15) is 11.1 Å². The Balaban J connectivity index is 1.12. The predicted molar refractivity (Wildman–Crippen MR) is 155 cm³/mol. The second kappa shape index (κ2) is 13.5. The smallest absolute Gasteiger partial charge is 0.0384 e. The molecule has 4 rings (SSSR count). The number of benzene rings is 4. The van der Waals surface area contributed by atoms with E-state index in [1.807, 2.05) is 36.4 Å². The average molecular weight is 479 g/mol. The van der Waals surface area contributed by atoms with E-state index in [-0.39, 0.29) is 0 Å². The first kappa shape index (κ1) is 25.5. The first-order chi connectivity index (χ1) is 17.6. The number of nitrogens with one attached hydrogen (secondary N) is 2. The number of likely N-dealkylation sites (N-methyl/N-ethyl adjacent to an activating group) is 2. The molecule has 0 heterocycles. The predicted octanol–water partition coefficient (Wildman–Crippen LogP) is 6.82. The molecule has 0 fully saturated rings. The zero-order valence-corrected chi connectivity index (χ0v) is 21.5. The van der Waals surface area contributed by atoms with Gasteiger partial charge in [0.2, 0.25) is 0 Å². The minimum atomic E-state index is 1.06. The van der Waals surface area contributed by atoms with Crippen LogP contribution in [0.2, 0.25) is 0 Å². The Hall–Kier alpha value is -3.60. The zero-order chi connectivity index (χ0) is 25.0. The van der Waals surface area contributed by atoms with Crippen molar-refractivity contribution in [1.29, 1.82) is 0 Å². The fourth-order valence-electron chi connectivity index (χ4n) is 4.09. The lowest BCUT2D eigenvalue weighted by atomic mass is 10.1. The summed E-state index contributed by atoms with van der Waals surface area (Å²) in [4.78, 5) is 4.85. The van der Waals surface area contributed by atoms with Gasteiger partial charge in [0.15, 0.2) is 0 Å². The molecule has 0 spiro atoms. The third-order valence-corrected chi connectivity index (χ3v) is 6.46. The first-order valence-electron chi connectivity index (χ1n) is 12.8. The molecule has 0 saturated carbocycles. The molecule has 186 valence electrons. The van der Waals surface area contributed by atoms with Gasteiger partial charge in [-0.1, -0.05) is 60.7 Å². The molecule has 0 amide bonds. The minimum absolute atomic E-state index is 1.06. The lowest BCUT2D eigenvalue weighted by Crippen LogP contribution is -2.33. The molecule has 0 atom stereocenters. The summed E-state index contributed by atoms with van der Waals surface area (Å²) < 4.78 is 0. The van der Waals surface area contributed by atoms with Crippen molar-refractivity contribution in [1.82, 2.24) is 9.80 Å². The average Bonchev–Trinajstić information content (AvgIpc) is 2.92. The quantitative estimate of drug-likeness (QED) is 0.221. The van der Waals surface area contributed by atoms with Crippen molar-refractivity contribution in [2.24, 2.45) is 0 Å². The van der Waals surface area contributed by atoms with Crippen LogP contribution < -0.4 is 10.6 Å². The minimum Gasteiger partial charge on any atom is -0.356 e. The summed E-state index contributed by atoms with van der Waals surface area (Å²) in [7, 11) is 4.44. The van der Waals surface area contributed by atoms with Crippen LogP contribution in [0.15, 0.2) is 109 Å². The highest BCUT2D eigenvalue weighted by Crippen LogP contribution is 2.18. The fourth-order valence-corrected chi connectivity index (χ4v) is 4.09. The summed E-state index contributed by atoms with van der Waals surface area (Å²) in [6, 6.07) is 38.2. The van der Waals surface area contributed by atoms with Crippen LogP contribution in [0.5, 0.6) is 0 Å². The summed E-state index contributed by atoms with van der Waals surface area (Å²) in [5.41, 5.74) is 7.24. The Morgan fingerprint density at radius 1 is 0.417 bits per heavy atom. The van der Waals surface area contributed by atoms with Gasteiger partial charge < -0.3 is 20.4 Å². The van der Waals surface area contributed by atoms with Crippen molar-refractivity contribution >= 4 is 22.7 Å². The molecular weight excluding hydrogens is 440 g/mol. The van der Waals surface area contributed by atoms with Gasteiger partial charge in [-0.05, 0) is 86.6 Å². The third-order valence-electron chi connectivity index (χ3n) is 6.46. The summed E-state index contributed by atoms with van der Waals surface area (Å²) in [6.45, 7) is 4.28. The molecule has 0 saturated heterocycles. The number of rotatable bonds is 13. The molecule has 0 unspecified atom stereocenters.